The number of aromatic nitrogens is 3. The highest BCUT2D eigenvalue weighted by Gasteiger charge is 2.21. The lowest BCUT2D eigenvalue weighted by molar-refractivity contribution is 0.318. The van der Waals surface area contributed by atoms with Crippen molar-refractivity contribution in [2.45, 2.75) is 39.3 Å². The number of halogens is 2. The van der Waals surface area contributed by atoms with Crippen molar-refractivity contribution >= 4 is 45.9 Å². The first-order valence-electron chi connectivity index (χ1n) is 7.76. The van der Waals surface area contributed by atoms with Gasteiger partial charge in [0.25, 0.3) is 0 Å². The van der Waals surface area contributed by atoms with E-state index in [2.05, 4.69) is 47.0 Å². The molecular weight excluding hydrogens is 499 g/mol. The number of nitrogens with one attached hydrogen (secondary N) is 1. The van der Waals surface area contributed by atoms with Crippen molar-refractivity contribution in [3.05, 3.63) is 34.1 Å². The number of aliphatic imine (C=N–C) groups is 1. The molecule has 0 amide bonds. The predicted molar refractivity (Wildman–Crippen MR) is 113 cm³/mol. The molecule has 0 aliphatic carbocycles. The zero-order chi connectivity index (χ0) is 17.9. The van der Waals surface area contributed by atoms with Gasteiger partial charge in [-0.05, 0) is 22.0 Å². The lowest BCUT2D eigenvalue weighted by Crippen LogP contribution is -2.38. The van der Waals surface area contributed by atoms with Gasteiger partial charge in [-0.1, -0.05) is 25.9 Å². The standard InChI is InChI=1S/C16H25BrN6O.HI/c1-16(2,3)14-20-13(21-24-14)8-19-15(18-4)23(6)10-12-7-11(17)9-22(12)5;/h7,9H,8,10H2,1-6H3,(H,18,19);1H. The summed E-state index contributed by atoms with van der Waals surface area (Å²) in [7, 11) is 5.78. The molecule has 1 N–H and O–H groups in total. The van der Waals surface area contributed by atoms with E-state index in [-0.39, 0.29) is 29.4 Å². The fourth-order valence-electron chi connectivity index (χ4n) is 2.21. The fraction of sp³-hybridized carbons (Fsp3) is 0.562. The summed E-state index contributed by atoms with van der Waals surface area (Å²) in [5.41, 5.74) is 1.03. The summed E-state index contributed by atoms with van der Waals surface area (Å²) in [4.78, 5) is 10.8. The van der Waals surface area contributed by atoms with E-state index < -0.39 is 0 Å². The van der Waals surface area contributed by atoms with E-state index in [4.69, 9.17) is 4.52 Å². The zero-order valence-corrected chi connectivity index (χ0v) is 19.4. The molecular formula is C16H26BrIN6O. The molecule has 0 unspecified atom stereocenters. The van der Waals surface area contributed by atoms with Gasteiger partial charge in [0.15, 0.2) is 11.8 Å². The first-order chi connectivity index (χ1) is 11.2. The van der Waals surface area contributed by atoms with E-state index in [1.54, 1.807) is 7.05 Å². The van der Waals surface area contributed by atoms with Crippen LogP contribution < -0.4 is 5.32 Å². The van der Waals surface area contributed by atoms with Crippen LogP contribution in [0.4, 0.5) is 0 Å². The zero-order valence-electron chi connectivity index (χ0n) is 15.5. The Morgan fingerprint density at radius 2 is 2.12 bits per heavy atom. The van der Waals surface area contributed by atoms with Gasteiger partial charge in [0.1, 0.15) is 0 Å². The summed E-state index contributed by atoms with van der Waals surface area (Å²) in [6.07, 6.45) is 2.03. The van der Waals surface area contributed by atoms with E-state index in [9.17, 15) is 0 Å². The molecule has 2 heterocycles. The van der Waals surface area contributed by atoms with Crippen molar-refractivity contribution in [2.75, 3.05) is 14.1 Å². The van der Waals surface area contributed by atoms with Crippen LogP contribution >= 0.6 is 39.9 Å². The average Bonchev–Trinajstić information content (AvgIpc) is 3.06. The van der Waals surface area contributed by atoms with Gasteiger partial charge in [-0.2, -0.15) is 4.98 Å². The Labute approximate surface area is 174 Å². The van der Waals surface area contributed by atoms with Crippen molar-refractivity contribution in [1.29, 1.82) is 0 Å². The van der Waals surface area contributed by atoms with Gasteiger partial charge >= 0.3 is 0 Å². The number of rotatable bonds is 4. The van der Waals surface area contributed by atoms with E-state index in [1.165, 1.54) is 5.69 Å². The summed E-state index contributed by atoms with van der Waals surface area (Å²) >= 11 is 3.49. The summed E-state index contributed by atoms with van der Waals surface area (Å²) < 4.78 is 8.46. The largest absolute Gasteiger partial charge is 0.352 e. The van der Waals surface area contributed by atoms with Crippen LogP contribution in [0.2, 0.25) is 0 Å². The molecule has 0 aromatic carbocycles. The number of hydrogen-bond acceptors (Lipinski definition) is 4. The minimum absolute atomic E-state index is 0. The van der Waals surface area contributed by atoms with Gasteiger partial charge in [0.05, 0.1) is 13.1 Å². The third kappa shape index (κ3) is 5.98. The minimum Gasteiger partial charge on any atom is -0.352 e. The third-order valence-electron chi connectivity index (χ3n) is 3.56. The predicted octanol–water partition coefficient (Wildman–Crippen LogP) is 3.29. The Kier molecular flexibility index (Phi) is 7.91. The van der Waals surface area contributed by atoms with Crippen molar-refractivity contribution in [3.8, 4) is 0 Å². The second kappa shape index (κ2) is 9.02. The van der Waals surface area contributed by atoms with Gasteiger partial charge in [-0.15, -0.1) is 24.0 Å². The van der Waals surface area contributed by atoms with Crippen molar-refractivity contribution in [3.63, 3.8) is 0 Å². The van der Waals surface area contributed by atoms with Crippen molar-refractivity contribution in [1.82, 2.24) is 24.9 Å². The highest BCUT2D eigenvalue weighted by atomic mass is 127. The summed E-state index contributed by atoms with van der Waals surface area (Å²) in [6, 6.07) is 2.10. The van der Waals surface area contributed by atoms with Gasteiger partial charge in [0.2, 0.25) is 5.89 Å². The van der Waals surface area contributed by atoms with Crippen LogP contribution in [0, 0.1) is 0 Å². The fourth-order valence-corrected chi connectivity index (χ4v) is 2.79. The molecule has 140 valence electrons. The summed E-state index contributed by atoms with van der Waals surface area (Å²) in [5, 5.41) is 7.28. The van der Waals surface area contributed by atoms with Crippen LogP contribution in [0.25, 0.3) is 0 Å². The van der Waals surface area contributed by atoms with Gasteiger partial charge in [0, 0.05) is 42.9 Å². The Hall–Kier alpha value is -1.10. The molecule has 25 heavy (non-hydrogen) atoms. The van der Waals surface area contributed by atoms with E-state index >= 15 is 0 Å². The molecule has 0 radical (unpaired) electrons. The van der Waals surface area contributed by atoms with Crippen LogP contribution in [0.1, 0.15) is 38.2 Å². The monoisotopic (exact) mass is 524 g/mol. The molecule has 7 nitrogen and oxygen atoms in total. The first-order valence-corrected chi connectivity index (χ1v) is 8.55. The SMILES string of the molecule is CN=C(NCc1noc(C(C)(C)C)n1)N(C)Cc1cc(Br)cn1C.I. The molecule has 0 aliphatic heterocycles. The lowest BCUT2D eigenvalue weighted by atomic mass is 9.97. The van der Waals surface area contributed by atoms with E-state index in [0.29, 0.717) is 18.3 Å². The molecule has 2 rings (SSSR count). The van der Waals surface area contributed by atoms with Crippen LogP contribution in [-0.2, 0) is 25.6 Å². The topological polar surface area (TPSA) is 71.5 Å². The molecule has 2 aromatic heterocycles. The normalized spacial score (nSPS) is 12.0. The van der Waals surface area contributed by atoms with Crippen LogP contribution in [0.5, 0.6) is 0 Å². The maximum Gasteiger partial charge on any atom is 0.232 e. The molecule has 0 bridgehead atoms. The number of guanidine groups is 1. The first kappa shape index (κ1) is 21.9. The Balaban J connectivity index is 0.00000312. The average molecular weight is 525 g/mol. The second-order valence-electron chi connectivity index (χ2n) is 6.78. The minimum atomic E-state index is -0.149. The van der Waals surface area contributed by atoms with Crippen molar-refractivity contribution < 1.29 is 4.52 Å². The summed E-state index contributed by atoms with van der Waals surface area (Å²) in [6.45, 7) is 7.34. The third-order valence-corrected chi connectivity index (χ3v) is 4.00. The van der Waals surface area contributed by atoms with E-state index in [1.807, 2.05) is 46.0 Å². The molecule has 0 fully saturated rings. The van der Waals surface area contributed by atoms with Gasteiger partial charge in [-0.25, -0.2) is 0 Å². The quantitative estimate of drug-likeness (QED) is 0.377. The smallest absolute Gasteiger partial charge is 0.232 e. The number of aryl methyl sites for hydroxylation is 1. The molecule has 0 aliphatic rings. The van der Waals surface area contributed by atoms with Crippen molar-refractivity contribution in [2.24, 2.45) is 12.0 Å². The Morgan fingerprint density at radius 3 is 2.60 bits per heavy atom. The molecule has 0 spiro atoms. The number of nitrogens with zero attached hydrogens (tertiary/aromatic N) is 5. The molecule has 2 aromatic rings. The lowest BCUT2D eigenvalue weighted by Gasteiger charge is -2.21. The summed E-state index contributed by atoms with van der Waals surface area (Å²) in [5.74, 6) is 2.03. The Bertz CT molecular complexity index is 719. The maximum atomic E-state index is 5.31. The molecule has 0 saturated carbocycles. The maximum absolute atomic E-state index is 5.31. The molecule has 9 heteroatoms. The second-order valence-corrected chi connectivity index (χ2v) is 7.70. The van der Waals surface area contributed by atoms with Gasteiger partial charge in [-0.3, -0.25) is 4.99 Å². The van der Waals surface area contributed by atoms with Crippen LogP contribution in [0.3, 0.4) is 0 Å². The number of hydrogen-bond donors (Lipinski definition) is 1. The van der Waals surface area contributed by atoms with E-state index in [0.717, 1.165) is 17.0 Å². The molecule has 0 saturated heterocycles. The van der Waals surface area contributed by atoms with Crippen LogP contribution in [0.15, 0.2) is 26.3 Å². The van der Waals surface area contributed by atoms with Crippen LogP contribution in [-0.4, -0.2) is 39.7 Å². The highest BCUT2D eigenvalue weighted by molar-refractivity contribution is 14.0. The van der Waals surface area contributed by atoms with Gasteiger partial charge < -0.3 is 19.3 Å². The highest BCUT2D eigenvalue weighted by Crippen LogP contribution is 2.19. The Morgan fingerprint density at radius 1 is 1.44 bits per heavy atom. The molecule has 0 atom stereocenters.